The number of amides is 1. The van der Waals surface area contributed by atoms with Gasteiger partial charge in [0, 0.05) is 17.8 Å². The molecule has 0 saturated heterocycles. The van der Waals surface area contributed by atoms with Gasteiger partial charge in [-0.1, -0.05) is 19.1 Å². The normalized spacial score (nSPS) is 11.4. The number of fused-ring (bicyclic) bond motifs is 3. The summed E-state index contributed by atoms with van der Waals surface area (Å²) < 4.78 is 17.1. The quantitative estimate of drug-likeness (QED) is 0.562. The zero-order valence-electron chi connectivity index (χ0n) is 15.5. The Labute approximate surface area is 164 Å². The third kappa shape index (κ3) is 3.31. The summed E-state index contributed by atoms with van der Waals surface area (Å²) in [7, 11) is 0. The van der Waals surface area contributed by atoms with Gasteiger partial charge in [-0.2, -0.15) is 5.10 Å². The average Bonchev–Trinajstić information content (AvgIpc) is 3.20. The van der Waals surface area contributed by atoms with Gasteiger partial charge in [-0.25, -0.2) is 9.07 Å². The lowest BCUT2D eigenvalue weighted by molar-refractivity contribution is -0.122. The molecule has 0 bridgehead atoms. The number of aromatic nitrogens is 3. The third-order valence-electron chi connectivity index (χ3n) is 4.57. The molecule has 0 aliphatic rings. The van der Waals surface area contributed by atoms with Gasteiger partial charge in [-0.15, -0.1) is 11.3 Å². The van der Waals surface area contributed by atoms with Crippen LogP contribution < -0.4 is 10.9 Å². The average molecular weight is 398 g/mol. The minimum absolute atomic E-state index is 0.165. The second-order valence-corrected chi connectivity index (χ2v) is 7.90. The van der Waals surface area contributed by atoms with Gasteiger partial charge in [0.05, 0.1) is 10.2 Å². The number of hydrogen-bond acceptors (Lipinski definition) is 4. The molecule has 0 aliphatic carbocycles. The topological polar surface area (TPSA) is 68.4 Å². The summed E-state index contributed by atoms with van der Waals surface area (Å²) in [5.74, 6) is 0.0804. The Hall–Kier alpha value is -3.00. The van der Waals surface area contributed by atoms with Gasteiger partial charge >= 0.3 is 0 Å². The minimum atomic E-state index is -0.325. The highest BCUT2D eigenvalue weighted by molar-refractivity contribution is 7.19. The van der Waals surface area contributed by atoms with E-state index in [0.717, 1.165) is 21.6 Å². The SMILES string of the molecule is CCc1nn(CC(=O)NCc2ccc(F)cc2)c(=O)c2cc3sc(C)cc3n12. The van der Waals surface area contributed by atoms with E-state index in [1.807, 2.05) is 30.4 Å². The highest BCUT2D eigenvalue weighted by Gasteiger charge is 2.16. The van der Waals surface area contributed by atoms with E-state index in [4.69, 9.17) is 0 Å². The van der Waals surface area contributed by atoms with Crippen LogP contribution in [-0.2, 0) is 24.3 Å². The van der Waals surface area contributed by atoms with Gasteiger partial charge in [0.1, 0.15) is 23.7 Å². The number of aryl methyl sites for hydroxylation is 2. The molecule has 1 N–H and O–H groups in total. The Morgan fingerprint density at radius 1 is 1.21 bits per heavy atom. The van der Waals surface area contributed by atoms with E-state index in [2.05, 4.69) is 10.4 Å². The summed E-state index contributed by atoms with van der Waals surface area (Å²) in [5.41, 5.74) is 1.99. The smallest absolute Gasteiger partial charge is 0.291 e. The molecule has 8 heteroatoms. The molecule has 0 unspecified atom stereocenters. The Balaban J connectivity index is 1.61. The van der Waals surface area contributed by atoms with Crippen molar-refractivity contribution in [2.24, 2.45) is 0 Å². The fourth-order valence-electron chi connectivity index (χ4n) is 3.24. The van der Waals surface area contributed by atoms with E-state index >= 15 is 0 Å². The van der Waals surface area contributed by atoms with Gasteiger partial charge in [0.25, 0.3) is 5.56 Å². The molecule has 0 spiro atoms. The predicted molar refractivity (Wildman–Crippen MR) is 107 cm³/mol. The Morgan fingerprint density at radius 3 is 2.68 bits per heavy atom. The number of rotatable bonds is 5. The van der Waals surface area contributed by atoms with Gasteiger partial charge in [0.2, 0.25) is 5.91 Å². The Kier molecular flexibility index (Phi) is 4.72. The highest BCUT2D eigenvalue weighted by atomic mass is 32.1. The number of carbonyl (C=O) groups excluding carboxylic acids is 1. The highest BCUT2D eigenvalue weighted by Crippen LogP contribution is 2.28. The standard InChI is InChI=1S/C20H19FN4O2S/c1-3-18-23-24(11-19(26)22-10-13-4-6-14(21)7-5-13)20(27)16-9-17-15(25(16)18)8-12(2)28-17/h4-9H,3,10-11H2,1-2H3,(H,22,26). The summed E-state index contributed by atoms with van der Waals surface area (Å²) in [6.45, 7) is 4.09. The molecule has 6 nitrogen and oxygen atoms in total. The van der Waals surface area contributed by atoms with E-state index in [9.17, 15) is 14.0 Å². The molecule has 1 aromatic carbocycles. The Morgan fingerprint density at radius 2 is 1.96 bits per heavy atom. The molecule has 1 amide bonds. The molecule has 0 atom stereocenters. The van der Waals surface area contributed by atoms with E-state index in [0.29, 0.717) is 11.9 Å². The van der Waals surface area contributed by atoms with E-state index < -0.39 is 0 Å². The number of nitrogens with one attached hydrogen (secondary N) is 1. The molecule has 28 heavy (non-hydrogen) atoms. The van der Waals surface area contributed by atoms with Crippen molar-refractivity contribution in [3.8, 4) is 0 Å². The molecular formula is C20H19FN4O2S. The molecule has 4 aromatic rings. The molecule has 3 heterocycles. The molecule has 3 aromatic heterocycles. The van der Waals surface area contributed by atoms with E-state index in [1.165, 1.54) is 21.7 Å². The van der Waals surface area contributed by atoms with Crippen LogP contribution in [0.1, 0.15) is 23.2 Å². The van der Waals surface area contributed by atoms with Crippen LogP contribution in [0.5, 0.6) is 0 Å². The van der Waals surface area contributed by atoms with Crippen molar-refractivity contribution in [1.82, 2.24) is 19.5 Å². The van der Waals surface area contributed by atoms with Crippen molar-refractivity contribution >= 4 is 33.0 Å². The summed E-state index contributed by atoms with van der Waals surface area (Å²) in [5, 5.41) is 7.16. The molecular weight excluding hydrogens is 379 g/mol. The second kappa shape index (κ2) is 7.20. The van der Waals surface area contributed by atoms with Crippen molar-refractivity contribution in [3.05, 3.63) is 68.8 Å². The Bertz CT molecular complexity index is 1240. The van der Waals surface area contributed by atoms with Crippen molar-refractivity contribution in [2.45, 2.75) is 33.4 Å². The van der Waals surface area contributed by atoms with E-state index in [-0.39, 0.29) is 30.4 Å². The number of thiophene rings is 1. The van der Waals surface area contributed by atoms with Gasteiger partial charge in [-0.05, 0) is 36.8 Å². The van der Waals surface area contributed by atoms with Crippen LogP contribution in [0.2, 0.25) is 0 Å². The van der Waals surface area contributed by atoms with E-state index in [1.54, 1.807) is 23.5 Å². The summed E-state index contributed by atoms with van der Waals surface area (Å²) >= 11 is 1.63. The molecule has 4 rings (SSSR count). The molecule has 0 aliphatic heterocycles. The summed E-state index contributed by atoms with van der Waals surface area (Å²) in [6, 6.07) is 9.81. The zero-order chi connectivity index (χ0) is 19.8. The lowest BCUT2D eigenvalue weighted by Crippen LogP contribution is -2.35. The minimum Gasteiger partial charge on any atom is -0.350 e. The van der Waals surface area contributed by atoms with Crippen LogP contribution in [0.15, 0.2) is 41.2 Å². The fourth-order valence-corrected chi connectivity index (χ4v) is 4.19. The number of halogens is 1. The zero-order valence-corrected chi connectivity index (χ0v) is 16.3. The predicted octanol–water partition coefficient (Wildman–Crippen LogP) is 3.04. The molecule has 144 valence electrons. The first-order chi connectivity index (χ1) is 13.5. The summed E-state index contributed by atoms with van der Waals surface area (Å²) in [6.07, 6.45) is 0.632. The van der Waals surface area contributed by atoms with Crippen molar-refractivity contribution in [3.63, 3.8) is 0 Å². The van der Waals surface area contributed by atoms with Crippen molar-refractivity contribution < 1.29 is 9.18 Å². The number of benzene rings is 1. The number of hydrogen-bond donors (Lipinski definition) is 1. The molecule has 0 fully saturated rings. The van der Waals surface area contributed by atoms with Gasteiger partial charge < -0.3 is 5.32 Å². The maximum atomic E-state index is 13.0. The monoisotopic (exact) mass is 398 g/mol. The number of nitrogens with zero attached hydrogens (tertiary/aromatic N) is 3. The maximum Gasteiger partial charge on any atom is 0.291 e. The molecule has 0 radical (unpaired) electrons. The first kappa shape index (κ1) is 18.4. The van der Waals surface area contributed by atoms with Crippen molar-refractivity contribution in [1.29, 1.82) is 0 Å². The fraction of sp³-hybridized carbons (Fsp3) is 0.250. The van der Waals surface area contributed by atoms with Crippen LogP contribution in [0, 0.1) is 12.7 Å². The summed E-state index contributed by atoms with van der Waals surface area (Å²) in [4.78, 5) is 26.3. The maximum absolute atomic E-state index is 13.0. The van der Waals surface area contributed by atoms with Crippen LogP contribution >= 0.6 is 11.3 Å². The number of carbonyl (C=O) groups is 1. The first-order valence-electron chi connectivity index (χ1n) is 8.99. The third-order valence-corrected chi connectivity index (χ3v) is 5.56. The lowest BCUT2D eigenvalue weighted by atomic mass is 10.2. The van der Waals surface area contributed by atoms with Gasteiger partial charge in [0.15, 0.2) is 0 Å². The second-order valence-electron chi connectivity index (χ2n) is 6.61. The first-order valence-corrected chi connectivity index (χ1v) is 9.80. The lowest BCUT2D eigenvalue weighted by Gasteiger charge is -2.10. The van der Waals surface area contributed by atoms with Crippen molar-refractivity contribution in [2.75, 3.05) is 0 Å². The largest absolute Gasteiger partial charge is 0.350 e. The molecule has 0 saturated carbocycles. The van der Waals surface area contributed by atoms with Crippen LogP contribution in [0.4, 0.5) is 4.39 Å². The van der Waals surface area contributed by atoms with Crippen LogP contribution in [-0.4, -0.2) is 20.1 Å². The van der Waals surface area contributed by atoms with Crippen LogP contribution in [0.3, 0.4) is 0 Å². The van der Waals surface area contributed by atoms with Gasteiger partial charge in [-0.3, -0.25) is 14.0 Å². The van der Waals surface area contributed by atoms with Crippen LogP contribution in [0.25, 0.3) is 15.7 Å².